The number of anilines is 1. The van der Waals surface area contributed by atoms with E-state index in [1.807, 2.05) is 0 Å². The number of ether oxygens (including phenoxy) is 1. The monoisotopic (exact) mass is 279 g/mol. The molecule has 1 saturated heterocycles. The Morgan fingerprint density at radius 2 is 2.35 bits per heavy atom. The summed E-state index contributed by atoms with van der Waals surface area (Å²) in [5.41, 5.74) is -0.0363. The summed E-state index contributed by atoms with van der Waals surface area (Å²) in [5.74, 6) is 0.891. The fourth-order valence-electron chi connectivity index (χ4n) is 2.49. The number of hydrogen-bond donors (Lipinski definition) is 1. The van der Waals surface area contributed by atoms with E-state index in [2.05, 4.69) is 24.1 Å². The van der Waals surface area contributed by atoms with Crippen LogP contribution in [0.15, 0.2) is 17.2 Å². The molecule has 0 radical (unpaired) electrons. The molecule has 20 heavy (non-hydrogen) atoms. The fourth-order valence-corrected chi connectivity index (χ4v) is 2.49. The average Bonchev–Trinajstić information content (AvgIpc) is 2.43. The van der Waals surface area contributed by atoms with Gasteiger partial charge in [0.2, 0.25) is 0 Å². The molecule has 5 nitrogen and oxygen atoms in total. The van der Waals surface area contributed by atoms with Crippen molar-refractivity contribution in [3.8, 4) is 0 Å². The lowest BCUT2D eigenvalue weighted by atomic mass is 10.1. The molecule has 1 aliphatic heterocycles. The predicted molar refractivity (Wildman–Crippen MR) is 80.0 cm³/mol. The average molecular weight is 279 g/mol. The van der Waals surface area contributed by atoms with E-state index in [0.717, 1.165) is 32.5 Å². The van der Waals surface area contributed by atoms with Gasteiger partial charge in [-0.3, -0.25) is 4.79 Å². The highest BCUT2D eigenvalue weighted by Crippen LogP contribution is 2.15. The van der Waals surface area contributed by atoms with Crippen LogP contribution >= 0.6 is 0 Å². The van der Waals surface area contributed by atoms with Crippen molar-refractivity contribution in [2.75, 3.05) is 18.5 Å². The van der Waals surface area contributed by atoms with Crippen molar-refractivity contribution in [2.24, 2.45) is 5.92 Å². The molecule has 1 unspecified atom stereocenters. The Morgan fingerprint density at radius 1 is 1.50 bits per heavy atom. The normalized spacial score (nSPS) is 19.2. The highest BCUT2D eigenvalue weighted by molar-refractivity contribution is 5.30. The third-order valence-corrected chi connectivity index (χ3v) is 3.51. The van der Waals surface area contributed by atoms with Crippen LogP contribution in [0.3, 0.4) is 0 Å². The van der Waals surface area contributed by atoms with Gasteiger partial charge in [-0.1, -0.05) is 13.8 Å². The summed E-state index contributed by atoms with van der Waals surface area (Å²) in [6.07, 6.45) is 8.24. The summed E-state index contributed by atoms with van der Waals surface area (Å²) in [7, 11) is 0. The van der Waals surface area contributed by atoms with E-state index in [0.29, 0.717) is 17.8 Å². The van der Waals surface area contributed by atoms with Gasteiger partial charge in [-0.25, -0.2) is 4.98 Å². The molecule has 0 aliphatic carbocycles. The van der Waals surface area contributed by atoms with Gasteiger partial charge >= 0.3 is 0 Å². The van der Waals surface area contributed by atoms with Crippen molar-refractivity contribution in [1.82, 2.24) is 9.55 Å². The molecule has 0 bridgehead atoms. The molecular formula is C15H25N3O2. The van der Waals surface area contributed by atoms with Crippen LogP contribution in [0.1, 0.15) is 39.5 Å². The first-order valence-electron chi connectivity index (χ1n) is 7.57. The van der Waals surface area contributed by atoms with Gasteiger partial charge in [0.1, 0.15) is 0 Å². The summed E-state index contributed by atoms with van der Waals surface area (Å²) in [4.78, 5) is 16.3. The number of hydrogen-bond acceptors (Lipinski definition) is 4. The smallest absolute Gasteiger partial charge is 0.293 e. The molecule has 0 spiro atoms. The molecular weight excluding hydrogens is 254 g/mol. The Hall–Kier alpha value is -1.36. The van der Waals surface area contributed by atoms with E-state index < -0.39 is 0 Å². The number of nitrogens with zero attached hydrogens (tertiary/aromatic N) is 2. The van der Waals surface area contributed by atoms with Gasteiger partial charge in [0.05, 0.1) is 6.10 Å². The third kappa shape index (κ3) is 4.34. The predicted octanol–water partition coefficient (Wildman–Crippen LogP) is 2.27. The van der Waals surface area contributed by atoms with Crippen molar-refractivity contribution in [1.29, 1.82) is 0 Å². The van der Waals surface area contributed by atoms with E-state index in [1.54, 1.807) is 17.0 Å². The van der Waals surface area contributed by atoms with Crippen LogP contribution in [-0.2, 0) is 11.3 Å². The van der Waals surface area contributed by atoms with Crippen LogP contribution < -0.4 is 10.9 Å². The van der Waals surface area contributed by atoms with Gasteiger partial charge in [0.25, 0.3) is 5.56 Å². The molecule has 1 aliphatic rings. The van der Waals surface area contributed by atoms with Crippen LogP contribution in [0.2, 0.25) is 0 Å². The van der Waals surface area contributed by atoms with E-state index in [4.69, 9.17) is 4.74 Å². The van der Waals surface area contributed by atoms with Gasteiger partial charge in [0.15, 0.2) is 5.82 Å². The maximum Gasteiger partial charge on any atom is 0.293 e. The number of aromatic nitrogens is 2. The van der Waals surface area contributed by atoms with E-state index in [1.165, 1.54) is 12.8 Å². The van der Waals surface area contributed by atoms with Crippen LogP contribution in [0.4, 0.5) is 5.82 Å². The van der Waals surface area contributed by atoms with Crippen LogP contribution in [0.5, 0.6) is 0 Å². The molecule has 1 atom stereocenters. The van der Waals surface area contributed by atoms with Crippen molar-refractivity contribution in [3.05, 3.63) is 22.7 Å². The zero-order valence-electron chi connectivity index (χ0n) is 12.5. The quantitative estimate of drug-likeness (QED) is 0.868. The van der Waals surface area contributed by atoms with Crippen molar-refractivity contribution in [2.45, 2.75) is 52.2 Å². The first-order chi connectivity index (χ1) is 9.66. The highest BCUT2D eigenvalue weighted by atomic mass is 16.5. The molecule has 0 amide bonds. The Balaban J connectivity index is 1.87. The summed E-state index contributed by atoms with van der Waals surface area (Å²) >= 11 is 0. The first-order valence-corrected chi connectivity index (χ1v) is 7.57. The van der Waals surface area contributed by atoms with Crippen molar-refractivity contribution in [3.63, 3.8) is 0 Å². The van der Waals surface area contributed by atoms with Gasteiger partial charge in [-0.05, 0) is 31.6 Å². The summed E-state index contributed by atoms with van der Waals surface area (Å²) in [6.45, 7) is 6.52. The Labute approximate surface area is 120 Å². The topological polar surface area (TPSA) is 56.1 Å². The fraction of sp³-hybridized carbons (Fsp3) is 0.733. The van der Waals surface area contributed by atoms with Gasteiger partial charge in [0, 0.05) is 32.1 Å². The van der Waals surface area contributed by atoms with Crippen molar-refractivity contribution >= 4 is 5.82 Å². The minimum atomic E-state index is -0.0363. The van der Waals surface area contributed by atoms with Gasteiger partial charge in [-0.15, -0.1) is 0 Å². The zero-order chi connectivity index (χ0) is 14.4. The largest absolute Gasteiger partial charge is 0.378 e. The minimum Gasteiger partial charge on any atom is -0.378 e. The second-order valence-electron chi connectivity index (χ2n) is 5.83. The van der Waals surface area contributed by atoms with E-state index in [-0.39, 0.29) is 5.56 Å². The molecule has 2 rings (SSSR count). The van der Waals surface area contributed by atoms with Crippen LogP contribution in [-0.4, -0.2) is 28.8 Å². The highest BCUT2D eigenvalue weighted by Gasteiger charge is 2.13. The standard InChI is InChI=1S/C15H25N3O2/c1-12(2)11-18-9-8-17-14(15(18)19)16-7-6-13-5-3-4-10-20-13/h8-9,12-13H,3-7,10-11H2,1-2H3,(H,16,17). The molecule has 5 heteroatoms. The molecule has 0 saturated carbocycles. The molecule has 1 fully saturated rings. The number of nitrogens with one attached hydrogen (secondary N) is 1. The molecule has 112 valence electrons. The second kappa shape index (κ2) is 7.43. The van der Waals surface area contributed by atoms with Crippen LogP contribution in [0, 0.1) is 5.92 Å². The minimum absolute atomic E-state index is 0.0363. The van der Waals surface area contributed by atoms with E-state index >= 15 is 0 Å². The van der Waals surface area contributed by atoms with E-state index in [9.17, 15) is 4.79 Å². The summed E-state index contributed by atoms with van der Waals surface area (Å²) in [5, 5.41) is 3.15. The molecule has 1 N–H and O–H groups in total. The lowest BCUT2D eigenvalue weighted by Gasteiger charge is -2.22. The van der Waals surface area contributed by atoms with Gasteiger partial charge < -0.3 is 14.6 Å². The first kappa shape index (κ1) is 15.0. The number of rotatable bonds is 6. The maximum atomic E-state index is 12.2. The Bertz CT molecular complexity index is 464. The third-order valence-electron chi connectivity index (χ3n) is 3.51. The van der Waals surface area contributed by atoms with Crippen LogP contribution in [0.25, 0.3) is 0 Å². The SMILES string of the molecule is CC(C)Cn1ccnc(NCCC2CCCCO2)c1=O. The summed E-state index contributed by atoms with van der Waals surface area (Å²) in [6, 6.07) is 0. The lowest BCUT2D eigenvalue weighted by molar-refractivity contribution is 0.0134. The van der Waals surface area contributed by atoms with Crippen molar-refractivity contribution < 1.29 is 4.74 Å². The Kier molecular flexibility index (Phi) is 5.59. The lowest BCUT2D eigenvalue weighted by Crippen LogP contribution is -2.28. The molecule has 1 aromatic rings. The molecule has 1 aromatic heterocycles. The molecule has 2 heterocycles. The Morgan fingerprint density at radius 3 is 3.05 bits per heavy atom. The zero-order valence-corrected chi connectivity index (χ0v) is 12.5. The molecule has 0 aromatic carbocycles. The van der Waals surface area contributed by atoms with Gasteiger partial charge in [-0.2, -0.15) is 0 Å². The maximum absolute atomic E-state index is 12.2. The second-order valence-corrected chi connectivity index (χ2v) is 5.83. The summed E-state index contributed by atoms with van der Waals surface area (Å²) < 4.78 is 7.40.